The smallest absolute Gasteiger partial charge is 0.260 e. The van der Waals surface area contributed by atoms with Crippen LogP contribution >= 0.6 is 15.9 Å². The van der Waals surface area contributed by atoms with Crippen molar-refractivity contribution in [1.29, 1.82) is 0 Å². The normalized spacial score (nSPS) is 12.4. The van der Waals surface area contributed by atoms with Crippen LogP contribution in [0.3, 0.4) is 0 Å². The maximum atomic E-state index is 12.1. The van der Waals surface area contributed by atoms with Crippen LogP contribution in [0.25, 0.3) is 0 Å². The third-order valence-corrected chi connectivity index (χ3v) is 6.22. The summed E-state index contributed by atoms with van der Waals surface area (Å²) in [5, 5.41) is 2.73. The van der Waals surface area contributed by atoms with Crippen molar-refractivity contribution in [2.75, 3.05) is 12.3 Å². The highest BCUT2D eigenvalue weighted by atomic mass is 79.9. The lowest BCUT2D eigenvalue weighted by molar-refractivity contribution is -0.127. The van der Waals surface area contributed by atoms with Gasteiger partial charge in [-0.1, -0.05) is 36.4 Å². The third-order valence-electron chi connectivity index (χ3n) is 3.92. The molecule has 2 aromatic carbocycles. The van der Waals surface area contributed by atoms with Gasteiger partial charge < -0.3 is 10.1 Å². The Balaban J connectivity index is 1.75. The molecule has 0 aromatic heterocycles. The number of halogens is 1. The molecule has 146 valence electrons. The Labute approximate surface area is 169 Å². The number of hydrogen-bond acceptors (Lipinski definition) is 4. The van der Waals surface area contributed by atoms with E-state index >= 15 is 0 Å². The van der Waals surface area contributed by atoms with Crippen molar-refractivity contribution in [2.45, 2.75) is 32.1 Å². The molecule has 7 heteroatoms. The van der Waals surface area contributed by atoms with Crippen LogP contribution in [-0.2, 0) is 20.4 Å². The molecule has 2 aromatic rings. The standard InChI is InChI=1S/C20H24BrNO4S/c1-15-9-10-19(18(21)13-15)26-16(2)20(23)22-11-6-12-27(24,25)14-17-7-4-3-5-8-17/h3-5,7-10,13,16H,6,11-12,14H2,1-2H3,(H,22,23). The molecule has 0 saturated carbocycles. The van der Waals surface area contributed by atoms with Crippen LogP contribution in [0.1, 0.15) is 24.5 Å². The predicted octanol–water partition coefficient (Wildman–Crippen LogP) is 3.65. The molecule has 0 spiro atoms. The minimum atomic E-state index is -3.20. The lowest BCUT2D eigenvalue weighted by Gasteiger charge is -2.16. The highest BCUT2D eigenvalue weighted by Crippen LogP contribution is 2.26. The topological polar surface area (TPSA) is 72.5 Å². The monoisotopic (exact) mass is 453 g/mol. The summed E-state index contributed by atoms with van der Waals surface area (Å²) in [7, 11) is -3.20. The average molecular weight is 454 g/mol. The van der Waals surface area contributed by atoms with Crippen molar-refractivity contribution in [3.05, 3.63) is 64.1 Å². The molecule has 0 fully saturated rings. The number of aryl methyl sites for hydroxylation is 1. The van der Waals surface area contributed by atoms with Crippen LogP contribution < -0.4 is 10.1 Å². The van der Waals surface area contributed by atoms with Gasteiger partial charge in [0, 0.05) is 6.54 Å². The van der Waals surface area contributed by atoms with Crippen molar-refractivity contribution in [3.63, 3.8) is 0 Å². The molecule has 0 aliphatic heterocycles. The summed E-state index contributed by atoms with van der Waals surface area (Å²) in [5.74, 6) is 0.362. The molecular weight excluding hydrogens is 430 g/mol. The molecule has 2 rings (SSSR count). The summed E-state index contributed by atoms with van der Waals surface area (Å²) in [6, 6.07) is 14.7. The van der Waals surface area contributed by atoms with Gasteiger partial charge in [-0.2, -0.15) is 0 Å². The SMILES string of the molecule is Cc1ccc(OC(C)C(=O)NCCCS(=O)(=O)Cc2ccccc2)c(Br)c1. The Morgan fingerprint density at radius 2 is 1.89 bits per heavy atom. The highest BCUT2D eigenvalue weighted by molar-refractivity contribution is 9.10. The van der Waals surface area contributed by atoms with Gasteiger partial charge in [0.25, 0.3) is 5.91 Å². The third kappa shape index (κ3) is 7.34. The number of amides is 1. The fourth-order valence-corrected chi connectivity index (χ4v) is 4.51. The fourth-order valence-electron chi connectivity index (χ4n) is 2.49. The lowest BCUT2D eigenvalue weighted by atomic mass is 10.2. The molecule has 5 nitrogen and oxygen atoms in total. The summed E-state index contributed by atoms with van der Waals surface area (Å²) in [5.41, 5.74) is 1.86. The zero-order chi connectivity index (χ0) is 19.9. The van der Waals surface area contributed by atoms with Gasteiger partial charge >= 0.3 is 0 Å². The van der Waals surface area contributed by atoms with E-state index < -0.39 is 15.9 Å². The second-order valence-corrected chi connectivity index (χ2v) is 9.45. The minimum absolute atomic E-state index is 0.0166. The summed E-state index contributed by atoms with van der Waals surface area (Å²) >= 11 is 3.41. The van der Waals surface area contributed by atoms with Crippen LogP contribution in [0.5, 0.6) is 5.75 Å². The molecular formula is C20H24BrNO4S. The summed E-state index contributed by atoms with van der Waals surface area (Å²) in [4.78, 5) is 12.1. The number of carbonyl (C=O) groups is 1. The van der Waals surface area contributed by atoms with Gasteiger partial charge in [0.15, 0.2) is 15.9 Å². The van der Waals surface area contributed by atoms with Gasteiger partial charge in [-0.25, -0.2) is 8.42 Å². The van der Waals surface area contributed by atoms with Crippen LogP contribution in [0.15, 0.2) is 53.0 Å². The lowest BCUT2D eigenvalue weighted by Crippen LogP contribution is -2.37. The molecule has 0 aliphatic rings. The van der Waals surface area contributed by atoms with Crippen LogP contribution in [0, 0.1) is 6.92 Å². The Morgan fingerprint density at radius 1 is 1.19 bits per heavy atom. The molecule has 1 unspecified atom stereocenters. The van der Waals surface area contributed by atoms with Crippen molar-refractivity contribution in [1.82, 2.24) is 5.32 Å². The number of nitrogens with one attached hydrogen (secondary N) is 1. The van der Waals surface area contributed by atoms with Crippen LogP contribution in [-0.4, -0.2) is 32.7 Å². The van der Waals surface area contributed by atoms with Gasteiger partial charge in [0.2, 0.25) is 0 Å². The Bertz CT molecular complexity index is 869. The number of sulfone groups is 1. The zero-order valence-electron chi connectivity index (χ0n) is 15.4. The Kier molecular flexibility index (Phi) is 7.86. The first-order chi connectivity index (χ1) is 12.8. The van der Waals surface area contributed by atoms with Crippen molar-refractivity contribution in [3.8, 4) is 5.75 Å². The van der Waals surface area contributed by atoms with Crippen LogP contribution in [0.4, 0.5) is 0 Å². The van der Waals surface area contributed by atoms with Gasteiger partial charge in [-0.3, -0.25) is 4.79 Å². The molecule has 1 amide bonds. The van der Waals surface area contributed by atoms with Crippen molar-refractivity contribution in [2.24, 2.45) is 0 Å². The molecule has 27 heavy (non-hydrogen) atoms. The van der Waals surface area contributed by atoms with Crippen molar-refractivity contribution >= 4 is 31.7 Å². The first kappa shape index (κ1) is 21.4. The fraction of sp³-hybridized carbons (Fsp3) is 0.350. The van der Waals surface area contributed by atoms with E-state index in [-0.39, 0.29) is 24.0 Å². The summed E-state index contributed by atoms with van der Waals surface area (Å²) < 4.78 is 30.7. The van der Waals surface area contributed by atoms with Gasteiger partial charge in [-0.05, 0) is 59.5 Å². The van der Waals surface area contributed by atoms with Crippen molar-refractivity contribution < 1.29 is 17.9 Å². The Hall–Kier alpha value is -1.86. The number of ether oxygens (including phenoxy) is 1. The summed E-state index contributed by atoms with van der Waals surface area (Å²) in [6.45, 7) is 3.92. The molecule has 0 bridgehead atoms. The van der Waals surface area contributed by atoms with Crippen LogP contribution in [0.2, 0.25) is 0 Å². The van der Waals surface area contributed by atoms with E-state index in [1.54, 1.807) is 25.1 Å². The zero-order valence-corrected chi connectivity index (χ0v) is 17.8. The van der Waals surface area contributed by atoms with E-state index in [2.05, 4.69) is 21.2 Å². The molecule has 1 atom stereocenters. The molecule has 0 radical (unpaired) electrons. The maximum Gasteiger partial charge on any atom is 0.260 e. The van der Waals surface area contributed by atoms with E-state index in [0.717, 1.165) is 15.6 Å². The highest BCUT2D eigenvalue weighted by Gasteiger charge is 2.16. The first-order valence-corrected chi connectivity index (χ1v) is 11.3. The molecule has 1 N–H and O–H groups in total. The van der Waals surface area contributed by atoms with E-state index in [9.17, 15) is 13.2 Å². The summed E-state index contributed by atoms with van der Waals surface area (Å²) in [6.07, 6.45) is -0.313. The number of carbonyl (C=O) groups excluding carboxylic acids is 1. The number of benzene rings is 2. The van der Waals surface area contributed by atoms with Gasteiger partial charge in [0.1, 0.15) is 5.75 Å². The second kappa shape index (κ2) is 9.90. The average Bonchev–Trinajstić information content (AvgIpc) is 2.61. The molecule has 0 aliphatic carbocycles. The van der Waals surface area contributed by atoms with E-state index in [0.29, 0.717) is 12.2 Å². The minimum Gasteiger partial charge on any atom is -0.480 e. The number of rotatable bonds is 9. The van der Waals surface area contributed by atoms with E-state index in [1.165, 1.54) is 0 Å². The van der Waals surface area contributed by atoms with Gasteiger partial charge in [0.05, 0.1) is 16.0 Å². The Morgan fingerprint density at radius 3 is 2.56 bits per heavy atom. The second-order valence-electron chi connectivity index (χ2n) is 6.42. The quantitative estimate of drug-likeness (QED) is 0.588. The first-order valence-electron chi connectivity index (χ1n) is 8.72. The maximum absolute atomic E-state index is 12.1. The largest absolute Gasteiger partial charge is 0.480 e. The molecule has 0 heterocycles. The van der Waals surface area contributed by atoms with E-state index in [4.69, 9.17) is 4.74 Å². The number of hydrogen-bond donors (Lipinski definition) is 1. The molecule has 0 saturated heterocycles. The predicted molar refractivity (Wildman–Crippen MR) is 111 cm³/mol. The van der Waals surface area contributed by atoms with E-state index in [1.807, 2.05) is 37.3 Å². The van der Waals surface area contributed by atoms with Gasteiger partial charge in [-0.15, -0.1) is 0 Å².